The maximum atomic E-state index is 13.5. The van der Waals surface area contributed by atoms with Gasteiger partial charge in [-0.25, -0.2) is 14.5 Å². The number of ether oxygens (including phenoxy) is 1. The number of hydrogen-bond donors (Lipinski definition) is 0. The first-order valence-corrected chi connectivity index (χ1v) is 6.96. The Morgan fingerprint density at radius 1 is 1.25 bits per heavy atom. The zero-order chi connectivity index (χ0) is 17.3. The molecular formula is C15H11F3N4O2. The molecule has 0 unspecified atom stereocenters. The normalized spacial score (nSPS) is 11.7. The van der Waals surface area contributed by atoms with E-state index < -0.39 is 23.4 Å². The second kappa shape index (κ2) is 5.91. The molecule has 124 valence electrons. The van der Waals surface area contributed by atoms with Gasteiger partial charge in [-0.1, -0.05) is 0 Å². The van der Waals surface area contributed by atoms with Crippen LogP contribution in [-0.2, 0) is 10.9 Å². The van der Waals surface area contributed by atoms with Gasteiger partial charge in [0, 0.05) is 17.8 Å². The van der Waals surface area contributed by atoms with Gasteiger partial charge in [-0.2, -0.15) is 18.3 Å². The van der Waals surface area contributed by atoms with Gasteiger partial charge in [0.15, 0.2) is 11.5 Å². The largest absolute Gasteiger partial charge is 0.462 e. The zero-order valence-electron chi connectivity index (χ0n) is 12.4. The molecule has 0 saturated carbocycles. The minimum absolute atomic E-state index is 0.0439. The highest BCUT2D eigenvalue weighted by Crippen LogP contribution is 2.34. The van der Waals surface area contributed by atoms with Crippen LogP contribution in [0, 0.1) is 0 Å². The summed E-state index contributed by atoms with van der Waals surface area (Å²) in [6.07, 6.45) is -1.14. The third-order valence-electron chi connectivity index (χ3n) is 3.24. The molecule has 0 N–H and O–H groups in total. The van der Waals surface area contributed by atoms with Gasteiger partial charge in [-0.05, 0) is 25.1 Å². The molecule has 3 aromatic rings. The number of halogens is 3. The first-order chi connectivity index (χ1) is 11.4. The Hall–Kier alpha value is -2.97. The monoisotopic (exact) mass is 336 g/mol. The zero-order valence-corrected chi connectivity index (χ0v) is 12.4. The van der Waals surface area contributed by atoms with E-state index in [0.29, 0.717) is 15.6 Å². The van der Waals surface area contributed by atoms with Crippen molar-refractivity contribution in [3.8, 4) is 5.82 Å². The Kier molecular flexibility index (Phi) is 3.92. The van der Waals surface area contributed by atoms with Gasteiger partial charge in [0.25, 0.3) is 0 Å². The van der Waals surface area contributed by atoms with Gasteiger partial charge in [-0.3, -0.25) is 4.98 Å². The predicted molar refractivity (Wildman–Crippen MR) is 77.6 cm³/mol. The Bertz CT molecular complexity index is 900. The van der Waals surface area contributed by atoms with Crippen molar-refractivity contribution in [1.29, 1.82) is 0 Å². The lowest BCUT2D eigenvalue weighted by atomic mass is 10.2. The molecule has 3 aromatic heterocycles. The Balaban J connectivity index is 2.26. The van der Waals surface area contributed by atoms with Gasteiger partial charge < -0.3 is 4.74 Å². The van der Waals surface area contributed by atoms with Crippen LogP contribution in [0.3, 0.4) is 0 Å². The van der Waals surface area contributed by atoms with E-state index in [-0.39, 0.29) is 12.4 Å². The van der Waals surface area contributed by atoms with Crippen LogP contribution in [0.4, 0.5) is 13.2 Å². The van der Waals surface area contributed by atoms with Crippen LogP contribution in [0.15, 0.2) is 36.8 Å². The molecule has 9 heteroatoms. The van der Waals surface area contributed by atoms with Crippen molar-refractivity contribution in [2.75, 3.05) is 6.61 Å². The van der Waals surface area contributed by atoms with Crippen LogP contribution in [0.2, 0.25) is 0 Å². The summed E-state index contributed by atoms with van der Waals surface area (Å²) in [6.45, 7) is 1.46. The Labute approximate surface area is 133 Å². The summed E-state index contributed by atoms with van der Waals surface area (Å²) < 4.78 is 45.8. The number of carbonyl (C=O) groups is 1. The van der Waals surface area contributed by atoms with E-state index in [1.54, 1.807) is 18.2 Å². The van der Waals surface area contributed by atoms with E-state index in [4.69, 9.17) is 0 Å². The third-order valence-corrected chi connectivity index (χ3v) is 3.24. The van der Waals surface area contributed by atoms with E-state index in [9.17, 15) is 18.0 Å². The number of aromatic nitrogens is 4. The molecule has 0 spiro atoms. The van der Waals surface area contributed by atoms with Gasteiger partial charge in [0.05, 0.1) is 18.3 Å². The van der Waals surface area contributed by atoms with E-state index >= 15 is 0 Å². The van der Waals surface area contributed by atoms with Gasteiger partial charge in [0.1, 0.15) is 5.56 Å². The van der Waals surface area contributed by atoms with Crippen molar-refractivity contribution in [2.45, 2.75) is 13.1 Å². The number of rotatable bonds is 3. The maximum Gasteiger partial charge on any atom is 0.434 e. The SMILES string of the molecule is CCOC(=O)c1cnn(-c2nccc3ncccc23)c1C(F)(F)F. The summed E-state index contributed by atoms with van der Waals surface area (Å²) in [5, 5.41) is 4.09. The topological polar surface area (TPSA) is 69.9 Å². The maximum absolute atomic E-state index is 13.5. The van der Waals surface area contributed by atoms with Crippen molar-refractivity contribution in [3.05, 3.63) is 48.0 Å². The number of esters is 1. The molecule has 0 aliphatic carbocycles. The molecule has 0 aromatic carbocycles. The highest BCUT2D eigenvalue weighted by molar-refractivity contribution is 5.91. The van der Waals surface area contributed by atoms with Gasteiger partial charge in [-0.15, -0.1) is 0 Å². The van der Waals surface area contributed by atoms with E-state index in [0.717, 1.165) is 6.20 Å². The summed E-state index contributed by atoms with van der Waals surface area (Å²) in [6, 6.07) is 4.73. The second-order valence-electron chi connectivity index (χ2n) is 4.74. The van der Waals surface area contributed by atoms with E-state index in [2.05, 4.69) is 19.8 Å². The fraction of sp³-hybridized carbons (Fsp3) is 0.200. The molecule has 0 amide bonds. The third kappa shape index (κ3) is 2.68. The average Bonchev–Trinajstić information content (AvgIpc) is 3.00. The van der Waals surface area contributed by atoms with Crippen LogP contribution in [0.5, 0.6) is 0 Å². The number of pyridine rings is 2. The number of alkyl halides is 3. The highest BCUT2D eigenvalue weighted by atomic mass is 19.4. The molecule has 0 radical (unpaired) electrons. The molecule has 0 atom stereocenters. The predicted octanol–water partition coefficient (Wildman–Crippen LogP) is 3.01. The summed E-state index contributed by atoms with van der Waals surface area (Å²) in [7, 11) is 0. The molecule has 24 heavy (non-hydrogen) atoms. The van der Waals surface area contributed by atoms with Crippen LogP contribution < -0.4 is 0 Å². The molecule has 0 aliphatic heterocycles. The number of carbonyl (C=O) groups excluding carboxylic acids is 1. The lowest BCUT2D eigenvalue weighted by molar-refractivity contribution is -0.143. The molecule has 0 bridgehead atoms. The molecule has 0 fully saturated rings. The highest BCUT2D eigenvalue weighted by Gasteiger charge is 2.41. The van der Waals surface area contributed by atoms with Crippen LogP contribution in [-0.4, -0.2) is 32.3 Å². The van der Waals surface area contributed by atoms with Crippen molar-refractivity contribution >= 4 is 16.9 Å². The van der Waals surface area contributed by atoms with Crippen molar-refractivity contribution in [1.82, 2.24) is 19.7 Å². The molecule has 3 rings (SSSR count). The Morgan fingerprint density at radius 3 is 2.75 bits per heavy atom. The summed E-state index contributed by atoms with van der Waals surface area (Å²) in [5.74, 6) is -1.15. The summed E-state index contributed by atoms with van der Waals surface area (Å²) >= 11 is 0. The minimum atomic E-state index is -4.81. The standard InChI is InChI=1S/C15H11F3N4O2/c1-2-24-14(23)10-8-21-22(12(10)15(16,17)18)13-9-4-3-6-19-11(9)5-7-20-13/h3-8H,2H2,1H3. The van der Waals surface area contributed by atoms with Gasteiger partial charge in [0.2, 0.25) is 0 Å². The Morgan fingerprint density at radius 2 is 2.04 bits per heavy atom. The van der Waals surface area contributed by atoms with E-state index in [1.807, 2.05) is 0 Å². The molecule has 3 heterocycles. The average molecular weight is 336 g/mol. The van der Waals surface area contributed by atoms with Crippen LogP contribution >= 0.6 is 0 Å². The number of nitrogens with zero attached hydrogens (tertiary/aromatic N) is 4. The van der Waals surface area contributed by atoms with Crippen molar-refractivity contribution < 1.29 is 22.7 Å². The summed E-state index contributed by atoms with van der Waals surface area (Å²) in [5.41, 5.74) is -1.43. The second-order valence-corrected chi connectivity index (χ2v) is 4.74. The smallest absolute Gasteiger partial charge is 0.434 e. The summed E-state index contributed by atoms with van der Waals surface area (Å²) in [4.78, 5) is 19.9. The van der Waals surface area contributed by atoms with E-state index in [1.165, 1.54) is 19.3 Å². The first-order valence-electron chi connectivity index (χ1n) is 6.96. The molecular weight excluding hydrogens is 325 g/mol. The van der Waals surface area contributed by atoms with Crippen LogP contribution in [0.1, 0.15) is 23.0 Å². The first kappa shape index (κ1) is 15.9. The fourth-order valence-corrected chi connectivity index (χ4v) is 2.30. The van der Waals surface area contributed by atoms with Crippen LogP contribution in [0.25, 0.3) is 16.7 Å². The minimum Gasteiger partial charge on any atom is -0.462 e. The molecule has 0 aliphatic rings. The molecule has 0 saturated heterocycles. The lowest BCUT2D eigenvalue weighted by Crippen LogP contribution is -2.19. The number of fused-ring (bicyclic) bond motifs is 1. The lowest BCUT2D eigenvalue weighted by Gasteiger charge is -2.13. The van der Waals surface area contributed by atoms with Crippen molar-refractivity contribution in [3.63, 3.8) is 0 Å². The van der Waals surface area contributed by atoms with Gasteiger partial charge >= 0.3 is 12.1 Å². The quantitative estimate of drug-likeness (QED) is 0.688. The van der Waals surface area contributed by atoms with Crippen molar-refractivity contribution in [2.24, 2.45) is 0 Å². The number of hydrogen-bond acceptors (Lipinski definition) is 5. The fourth-order valence-electron chi connectivity index (χ4n) is 2.30. The molecule has 6 nitrogen and oxygen atoms in total.